The number of carbonyl (C=O) groups is 2. The molecule has 0 aliphatic rings. The number of carboxylic acids is 1. The molecule has 0 saturated carbocycles. The second kappa shape index (κ2) is 3.31. The molecule has 1 aromatic heterocycles. The molecular formula is C6H5NO4S. The largest absolute Gasteiger partial charge is 0.477 e. The van der Waals surface area contributed by atoms with E-state index in [-0.39, 0.29) is 10.6 Å². The number of methoxy groups -OCH3 is 1. The first-order valence-corrected chi connectivity index (χ1v) is 3.80. The van der Waals surface area contributed by atoms with Crippen molar-refractivity contribution in [2.45, 2.75) is 0 Å². The van der Waals surface area contributed by atoms with Crippen molar-refractivity contribution in [1.29, 1.82) is 0 Å². The summed E-state index contributed by atoms with van der Waals surface area (Å²) in [7, 11) is 1.17. The third-order valence-electron chi connectivity index (χ3n) is 1.14. The van der Waals surface area contributed by atoms with Gasteiger partial charge in [0.25, 0.3) is 0 Å². The number of carboxylic acid groups (broad SMARTS) is 1. The first-order valence-electron chi connectivity index (χ1n) is 2.92. The number of ether oxygens (including phenoxy) is 1. The summed E-state index contributed by atoms with van der Waals surface area (Å²) in [6, 6.07) is 0. The Morgan fingerprint density at radius 1 is 1.67 bits per heavy atom. The fourth-order valence-corrected chi connectivity index (χ4v) is 1.25. The molecule has 0 amide bonds. The number of nitrogens with zero attached hydrogens (tertiary/aromatic N) is 1. The normalized spacial score (nSPS) is 9.42. The van der Waals surface area contributed by atoms with E-state index in [1.807, 2.05) is 0 Å². The molecule has 64 valence electrons. The number of aromatic carboxylic acids is 1. The predicted octanol–water partition coefficient (Wildman–Crippen LogP) is 0.628. The van der Waals surface area contributed by atoms with Gasteiger partial charge in [-0.15, -0.1) is 11.3 Å². The van der Waals surface area contributed by atoms with Crippen LogP contribution in [0, 0.1) is 0 Å². The van der Waals surface area contributed by atoms with E-state index in [0.717, 1.165) is 11.3 Å². The molecule has 0 unspecified atom stereocenters. The van der Waals surface area contributed by atoms with E-state index in [1.54, 1.807) is 0 Å². The number of aromatic nitrogens is 1. The van der Waals surface area contributed by atoms with Gasteiger partial charge < -0.3 is 9.84 Å². The molecule has 6 heteroatoms. The third-order valence-corrected chi connectivity index (χ3v) is 1.95. The average Bonchev–Trinajstić information content (AvgIpc) is 2.50. The molecule has 1 rings (SSSR count). The molecule has 0 aromatic carbocycles. The van der Waals surface area contributed by atoms with Crippen LogP contribution in [0.15, 0.2) is 5.51 Å². The van der Waals surface area contributed by atoms with Crippen molar-refractivity contribution < 1.29 is 19.4 Å². The third kappa shape index (κ3) is 1.42. The summed E-state index contributed by atoms with van der Waals surface area (Å²) in [5.41, 5.74) is 1.14. The lowest BCUT2D eigenvalue weighted by molar-refractivity contribution is 0.0578. The van der Waals surface area contributed by atoms with Crippen molar-refractivity contribution in [3.05, 3.63) is 16.1 Å². The molecule has 0 aliphatic heterocycles. The van der Waals surface area contributed by atoms with E-state index in [4.69, 9.17) is 5.11 Å². The summed E-state index contributed by atoms with van der Waals surface area (Å²) < 4.78 is 4.33. The summed E-state index contributed by atoms with van der Waals surface area (Å²) in [5, 5.41) is 8.56. The summed E-state index contributed by atoms with van der Waals surface area (Å²) in [5.74, 6) is -1.90. The first-order chi connectivity index (χ1) is 5.66. The van der Waals surface area contributed by atoms with Crippen LogP contribution in [-0.2, 0) is 4.74 Å². The summed E-state index contributed by atoms with van der Waals surface area (Å²) in [4.78, 5) is 24.8. The van der Waals surface area contributed by atoms with Crippen molar-refractivity contribution in [2.24, 2.45) is 0 Å². The van der Waals surface area contributed by atoms with Gasteiger partial charge in [-0.2, -0.15) is 0 Å². The molecule has 1 N–H and O–H groups in total. The minimum atomic E-state index is -1.17. The van der Waals surface area contributed by atoms with Gasteiger partial charge in [-0.05, 0) is 0 Å². The monoisotopic (exact) mass is 187 g/mol. The van der Waals surface area contributed by atoms with Crippen LogP contribution in [0.25, 0.3) is 0 Å². The lowest BCUT2D eigenvalue weighted by Crippen LogP contribution is -2.07. The fourth-order valence-electron chi connectivity index (χ4n) is 0.640. The van der Waals surface area contributed by atoms with E-state index in [9.17, 15) is 9.59 Å². The Morgan fingerprint density at radius 3 is 2.83 bits per heavy atom. The Bertz CT molecular complexity index is 319. The van der Waals surface area contributed by atoms with Crippen LogP contribution in [0.4, 0.5) is 0 Å². The number of carbonyl (C=O) groups excluding carboxylic acids is 1. The molecule has 0 spiro atoms. The highest BCUT2D eigenvalue weighted by Gasteiger charge is 2.19. The van der Waals surface area contributed by atoms with Gasteiger partial charge in [0.1, 0.15) is 4.88 Å². The maximum absolute atomic E-state index is 10.9. The number of thiazole rings is 1. The number of hydrogen-bond donors (Lipinski definition) is 1. The summed E-state index contributed by atoms with van der Waals surface area (Å²) in [6.07, 6.45) is 0. The topological polar surface area (TPSA) is 76.5 Å². The molecule has 0 saturated heterocycles. The molecule has 0 aliphatic carbocycles. The van der Waals surface area contributed by atoms with Crippen molar-refractivity contribution in [3.63, 3.8) is 0 Å². The second-order valence-electron chi connectivity index (χ2n) is 1.83. The first kappa shape index (κ1) is 8.66. The number of rotatable bonds is 2. The second-order valence-corrected chi connectivity index (χ2v) is 2.68. The summed E-state index contributed by atoms with van der Waals surface area (Å²) in [6.45, 7) is 0. The zero-order valence-electron chi connectivity index (χ0n) is 6.10. The maximum Gasteiger partial charge on any atom is 0.358 e. The van der Waals surface area contributed by atoms with Crippen molar-refractivity contribution in [3.8, 4) is 0 Å². The van der Waals surface area contributed by atoms with Gasteiger partial charge in [0, 0.05) is 0 Å². The van der Waals surface area contributed by atoms with Gasteiger partial charge in [0.2, 0.25) is 0 Å². The molecule has 0 fully saturated rings. The van der Waals surface area contributed by atoms with Gasteiger partial charge in [0.15, 0.2) is 5.69 Å². The number of hydrogen-bond acceptors (Lipinski definition) is 5. The van der Waals surface area contributed by atoms with Crippen molar-refractivity contribution in [2.75, 3.05) is 7.11 Å². The molecule has 1 heterocycles. The Hall–Kier alpha value is -1.43. The highest BCUT2D eigenvalue weighted by Crippen LogP contribution is 2.13. The van der Waals surface area contributed by atoms with E-state index in [0.29, 0.717) is 0 Å². The smallest absolute Gasteiger partial charge is 0.358 e. The standard InChI is InChI=1S/C6H5NO4S/c1-11-6(10)3-4(5(8)9)12-2-7-3/h2H,1H3,(H,8,9). The fraction of sp³-hybridized carbons (Fsp3) is 0.167. The highest BCUT2D eigenvalue weighted by atomic mass is 32.1. The highest BCUT2D eigenvalue weighted by molar-refractivity contribution is 7.12. The van der Waals surface area contributed by atoms with Crippen molar-refractivity contribution in [1.82, 2.24) is 4.98 Å². The summed E-state index contributed by atoms with van der Waals surface area (Å²) >= 11 is 0.890. The molecule has 1 aromatic rings. The van der Waals surface area contributed by atoms with E-state index in [1.165, 1.54) is 12.6 Å². The minimum Gasteiger partial charge on any atom is -0.477 e. The van der Waals surface area contributed by atoms with Crippen molar-refractivity contribution >= 4 is 23.3 Å². The molecule has 12 heavy (non-hydrogen) atoms. The van der Waals surface area contributed by atoms with Gasteiger partial charge in [0.05, 0.1) is 12.6 Å². The van der Waals surface area contributed by atoms with E-state index in [2.05, 4.69) is 9.72 Å². The van der Waals surface area contributed by atoms with Crippen LogP contribution in [0.5, 0.6) is 0 Å². The average molecular weight is 187 g/mol. The molecule has 0 radical (unpaired) electrons. The Kier molecular flexibility index (Phi) is 2.39. The van der Waals surface area contributed by atoms with Gasteiger partial charge in [-0.25, -0.2) is 14.6 Å². The SMILES string of the molecule is COC(=O)c1ncsc1C(=O)O. The molecule has 0 atom stereocenters. The zero-order chi connectivity index (χ0) is 9.14. The van der Waals surface area contributed by atoms with Crippen LogP contribution < -0.4 is 0 Å². The minimum absolute atomic E-state index is 0.0955. The predicted molar refractivity (Wildman–Crippen MR) is 40.4 cm³/mol. The lowest BCUT2D eigenvalue weighted by Gasteiger charge is -1.94. The molecular weight excluding hydrogens is 182 g/mol. The van der Waals surface area contributed by atoms with E-state index < -0.39 is 11.9 Å². The Balaban J connectivity index is 3.07. The van der Waals surface area contributed by atoms with Gasteiger partial charge in [-0.3, -0.25) is 0 Å². The van der Waals surface area contributed by atoms with Crippen LogP contribution in [-0.4, -0.2) is 29.1 Å². The Labute approximate surface area is 71.6 Å². The van der Waals surface area contributed by atoms with E-state index >= 15 is 0 Å². The van der Waals surface area contributed by atoms with Crippen LogP contribution in [0.2, 0.25) is 0 Å². The zero-order valence-corrected chi connectivity index (χ0v) is 6.92. The number of esters is 1. The van der Waals surface area contributed by atoms with Gasteiger partial charge >= 0.3 is 11.9 Å². The lowest BCUT2D eigenvalue weighted by atomic mass is 10.4. The van der Waals surface area contributed by atoms with Crippen LogP contribution >= 0.6 is 11.3 Å². The quantitative estimate of drug-likeness (QED) is 0.687. The van der Waals surface area contributed by atoms with Crippen LogP contribution in [0.3, 0.4) is 0 Å². The molecule has 0 bridgehead atoms. The molecule has 5 nitrogen and oxygen atoms in total. The maximum atomic E-state index is 10.9. The Morgan fingerprint density at radius 2 is 2.33 bits per heavy atom. The van der Waals surface area contributed by atoms with Crippen LogP contribution in [0.1, 0.15) is 20.2 Å². The van der Waals surface area contributed by atoms with Gasteiger partial charge in [-0.1, -0.05) is 0 Å².